The zero-order chi connectivity index (χ0) is 15.2. The van der Waals surface area contributed by atoms with Crippen molar-refractivity contribution in [3.05, 3.63) is 42.1 Å². The Morgan fingerprint density at radius 3 is 2.95 bits per heavy atom. The molecule has 1 aromatic rings. The predicted molar refractivity (Wildman–Crippen MR) is 87.3 cm³/mol. The molecule has 21 heavy (non-hydrogen) atoms. The van der Waals surface area contributed by atoms with Crippen LogP contribution in [0.1, 0.15) is 30.4 Å². The molecule has 1 atom stereocenters. The first-order chi connectivity index (χ1) is 10.2. The van der Waals surface area contributed by atoms with Crippen molar-refractivity contribution >= 4 is 11.6 Å². The molecule has 2 heteroatoms. The van der Waals surface area contributed by atoms with Crippen LogP contribution in [0.15, 0.2) is 31.0 Å². The lowest BCUT2D eigenvalue weighted by Gasteiger charge is -2.28. The van der Waals surface area contributed by atoms with Crippen LogP contribution < -0.4 is 9.47 Å². The molecule has 0 N–H and O–H groups in total. The fourth-order valence-corrected chi connectivity index (χ4v) is 2.68. The van der Waals surface area contributed by atoms with Crippen molar-refractivity contribution in [3.63, 3.8) is 0 Å². The maximum Gasteiger partial charge on any atom is 0.131 e. The molecule has 0 saturated carbocycles. The normalized spacial score (nSPS) is 16.2. The van der Waals surface area contributed by atoms with Gasteiger partial charge in [-0.25, -0.2) is 0 Å². The fourth-order valence-electron chi connectivity index (χ4n) is 2.68. The van der Waals surface area contributed by atoms with Gasteiger partial charge in [0.25, 0.3) is 0 Å². The smallest absolute Gasteiger partial charge is 0.131 e. The number of rotatable bonds is 5. The van der Waals surface area contributed by atoms with E-state index in [1.54, 1.807) is 7.11 Å². The van der Waals surface area contributed by atoms with Crippen molar-refractivity contribution in [3.8, 4) is 23.8 Å². The molecule has 1 aromatic carbocycles. The molecule has 0 radical (unpaired) electrons. The summed E-state index contributed by atoms with van der Waals surface area (Å²) < 4.78 is 11.2. The standard InChI is InChI=1S/C19H20O2/c1-5-8-9-10-15-13-21-18-12-16(20-4)11-14(6-2)19(18)17(15)7-3/h1,6,11-12,15H,2-3,8-10,13H2,4H3. The van der Waals surface area contributed by atoms with Gasteiger partial charge in [0.2, 0.25) is 0 Å². The molecule has 0 bridgehead atoms. The highest BCUT2D eigenvalue weighted by molar-refractivity contribution is 5.81. The van der Waals surface area contributed by atoms with Gasteiger partial charge in [0, 0.05) is 29.5 Å². The van der Waals surface area contributed by atoms with Gasteiger partial charge >= 0.3 is 0 Å². The number of hydrogen-bond donors (Lipinski definition) is 0. The minimum Gasteiger partial charge on any atom is -0.497 e. The Bertz CT molecular complexity index is 628. The van der Waals surface area contributed by atoms with E-state index in [1.165, 1.54) is 0 Å². The number of benzene rings is 1. The molecule has 1 heterocycles. The fraction of sp³-hybridized carbons (Fsp3) is 0.316. The Morgan fingerprint density at radius 1 is 1.52 bits per heavy atom. The summed E-state index contributed by atoms with van der Waals surface area (Å²) in [4.78, 5) is 0. The largest absolute Gasteiger partial charge is 0.497 e. The van der Waals surface area contributed by atoms with Crippen LogP contribution in [0.3, 0.4) is 0 Å². The maximum atomic E-state index is 5.92. The van der Waals surface area contributed by atoms with Crippen LogP contribution in [0.5, 0.6) is 11.5 Å². The highest BCUT2D eigenvalue weighted by atomic mass is 16.5. The molecule has 1 aliphatic heterocycles. The van der Waals surface area contributed by atoms with Crippen molar-refractivity contribution in [2.45, 2.75) is 19.3 Å². The molecule has 2 nitrogen and oxygen atoms in total. The first-order valence-electron chi connectivity index (χ1n) is 7.06. The van der Waals surface area contributed by atoms with Gasteiger partial charge in [-0.2, -0.15) is 0 Å². The molecule has 2 rings (SSSR count). The molecular weight excluding hydrogens is 260 g/mol. The number of ether oxygens (including phenoxy) is 2. The molecule has 1 aliphatic rings. The number of terminal acetylenes is 1. The van der Waals surface area contributed by atoms with Crippen LogP contribution in [0.2, 0.25) is 0 Å². The Labute approximate surface area is 126 Å². The second kappa shape index (κ2) is 6.88. The summed E-state index contributed by atoms with van der Waals surface area (Å²) in [6.45, 7) is 8.36. The van der Waals surface area contributed by atoms with E-state index in [1.807, 2.05) is 18.2 Å². The quantitative estimate of drug-likeness (QED) is 0.454. The van der Waals surface area contributed by atoms with Crippen LogP contribution in [0, 0.1) is 18.3 Å². The van der Waals surface area contributed by atoms with Gasteiger partial charge in [0.05, 0.1) is 13.7 Å². The zero-order valence-electron chi connectivity index (χ0n) is 12.4. The molecule has 0 aromatic heterocycles. The number of methoxy groups -OCH3 is 1. The summed E-state index contributed by atoms with van der Waals surface area (Å²) in [7, 11) is 1.64. The van der Waals surface area contributed by atoms with Crippen LogP contribution >= 0.6 is 0 Å². The van der Waals surface area contributed by atoms with Gasteiger partial charge in [-0.15, -0.1) is 18.1 Å². The third kappa shape index (κ3) is 3.05. The average Bonchev–Trinajstić information content (AvgIpc) is 2.53. The Morgan fingerprint density at radius 2 is 2.33 bits per heavy atom. The second-order valence-corrected chi connectivity index (χ2v) is 4.99. The summed E-state index contributed by atoms with van der Waals surface area (Å²) in [6.07, 6.45) is 9.87. The summed E-state index contributed by atoms with van der Waals surface area (Å²) in [5.41, 5.74) is 6.19. The van der Waals surface area contributed by atoms with Crippen molar-refractivity contribution in [2.75, 3.05) is 13.7 Å². The van der Waals surface area contributed by atoms with Gasteiger partial charge in [0.1, 0.15) is 11.5 Å². The molecule has 0 aliphatic carbocycles. The average molecular weight is 280 g/mol. The highest BCUT2D eigenvalue weighted by Gasteiger charge is 2.27. The number of unbranched alkanes of at least 4 members (excludes halogenated alkanes) is 1. The van der Waals surface area contributed by atoms with E-state index in [-0.39, 0.29) is 5.92 Å². The van der Waals surface area contributed by atoms with Crippen molar-refractivity contribution in [1.29, 1.82) is 0 Å². The minimum absolute atomic E-state index is 0.274. The third-order valence-electron chi connectivity index (χ3n) is 3.74. The third-order valence-corrected chi connectivity index (χ3v) is 3.74. The minimum atomic E-state index is 0.274. The molecule has 0 fully saturated rings. The summed E-state index contributed by atoms with van der Waals surface area (Å²) in [6, 6.07) is 3.85. The summed E-state index contributed by atoms with van der Waals surface area (Å²) in [5.74, 6) is 4.52. The van der Waals surface area contributed by atoms with Crippen molar-refractivity contribution in [2.24, 2.45) is 5.92 Å². The maximum absolute atomic E-state index is 5.92. The first-order valence-corrected chi connectivity index (χ1v) is 7.06. The van der Waals surface area contributed by atoms with E-state index in [2.05, 4.69) is 24.8 Å². The lowest BCUT2D eigenvalue weighted by atomic mass is 9.85. The van der Waals surface area contributed by atoms with Gasteiger partial charge < -0.3 is 9.47 Å². The zero-order valence-corrected chi connectivity index (χ0v) is 12.4. The van der Waals surface area contributed by atoms with Crippen LogP contribution in [-0.4, -0.2) is 13.7 Å². The van der Waals surface area contributed by atoms with Crippen LogP contribution in [0.25, 0.3) is 11.6 Å². The van der Waals surface area contributed by atoms with E-state index >= 15 is 0 Å². The monoisotopic (exact) mass is 280 g/mol. The van der Waals surface area contributed by atoms with E-state index < -0.39 is 0 Å². The molecule has 108 valence electrons. The van der Waals surface area contributed by atoms with Crippen molar-refractivity contribution < 1.29 is 9.47 Å². The lowest BCUT2D eigenvalue weighted by molar-refractivity contribution is 0.257. The molecule has 0 spiro atoms. The molecule has 1 unspecified atom stereocenters. The molecule has 0 saturated heterocycles. The number of hydrogen-bond acceptors (Lipinski definition) is 2. The Kier molecular flexibility index (Phi) is 4.93. The molecule has 0 amide bonds. The summed E-state index contributed by atoms with van der Waals surface area (Å²) >= 11 is 0. The Balaban J connectivity index is 2.40. The Hall–Kier alpha value is -2.36. The summed E-state index contributed by atoms with van der Waals surface area (Å²) in [5, 5.41) is 0. The topological polar surface area (TPSA) is 18.5 Å². The first kappa shape index (κ1) is 15.0. The highest BCUT2D eigenvalue weighted by Crippen LogP contribution is 2.42. The van der Waals surface area contributed by atoms with Gasteiger partial charge in [-0.05, 0) is 24.5 Å². The second-order valence-electron chi connectivity index (χ2n) is 4.99. The van der Waals surface area contributed by atoms with Crippen LogP contribution in [0.4, 0.5) is 0 Å². The van der Waals surface area contributed by atoms with E-state index in [0.29, 0.717) is 6.61 Å². The van der Waals surface area contributed by atoms with Gasteiger partial charge in [0.15, 0.2) is 0 Å². The lowest BCUT2D eigenvalue weighted by Crippen LogP contribution is -2.20. The van der Waals surface area contributed by atoms with E-state index in [0.717, 1.165) is 47.5 Å². The van der Waals surface area contributed by atoms with Gasteiger partial charge in [-0.1, -0.05) is 19.2 Å². The SMILES string of the molecule is C#CCCCC1COc2cc(OC)cc(C=C)c2C1=C=C. The van der Waals surface area contributed by atoms with E-state index in [4.69, 9.17) is 15.9 Å². The van der Waals surface area contributed by atoms with Gasteiger partial charge in [-0.3, -0.25) is 0 Å². The van der Waals surface area contributed by atoms with Crippen molar-refractivity contribution in [1.82, 2.24) is 0 Å². The van der Waals surface area contributed by atoms with E-state index in [9.17, 15) is 0 Å². The predicted octanol–water partition coefficient (Wildman–Crippen LogP) is 4.32. The molecular formula is C19H20O2. The number of fused-ring (bicyclic) bond motifs is 1. The van der Waals surface area contributed by atoms with Crippen LogP contribution in [-0.2, 0) is 0 Å².